The number of rotatable bonds is 9. The lowest BCUT2D eigenvalue weighted by atomic mass is 10.1. The van der Waals surface area contributed by atoms with Gasteiger partial charge in [-0.1, -0.05) is 18.2 Å². The van der Waals surface area contributed by atoms with Crippen LogP contribution in [0.25, 0.3) is 12.2 Å². The van der Waals surface area contributed by atoms with Gasteiger partial charge < -0.3 is 41.9 Å². The Morgan fingerprint density at radius 3 is 1.75 bits per heavy atom. The van der Waals surface area contributed by atoms with Crippen LogP contribution in [0.4, 0.5) is 5.69 Å². The van der Waals surface area contributed by atoms with Crippen LogP contribution in [0.1, 0.15) is 17.5 Å². The van der Waals surface area contributed by atoms with E-state index in [1.807, 2.05) is 42.5 Å². The average Bonchev–Trinajstić information content (AvgIpc) is 2.76. The zero-order chi connectivity index (χ0) is 24.3. The maximum atomic E-state index is 10.1. The molecule has 0 aliphatic carbocycles. The molecule has 32 heavy (non-hydrogen) atoms. The van der Waals surface area contributed by atoms with E-state index in [1.165, 1.54) is 0 Å². The van der Waals surface area contributed by atoms with Gasteiger partial charge in [-0.2, -0.15) is 0 Å². The van der Waals surface area contributed by atoms with E-state index >= 15 is 0 Å². The molecular formula is C22H30N4O6. The highest BCUT2D eigenvalue weighted by molar-refractivity contribution is 5.86. The molecule has 0 heterocycles. The molecule has 0 aliphatic heterocycles. The molecule has 10 heteroatoms. The zero-order valence-corrected chi connectivity index (χ0v) is 18.6. The smallest absolute Gasteiger partial charge is 0.234 e. The normalized spacial score (nSPS) is 11.2. The zero-order valence-electron chi connectivity index (χ0n) is 18.6. The number of primary amides is 2. The summed E-state index contributed by atoms with van der Waals surface area (Å²) in [6, 6.07) is 8.44. The van der Waals surface area contributed by atoms with Gasteiger partial charge in [0.05, 0.1) is 46.6 Å². The van der Waals surface area contributed by atoms with E-state index in [0.717, 1.165) is 11.1 Å². The molecule has 2 aromatic rings. The van der Waals surface area contributed by atoms with E-state index in [-0.39, 0.29) is 6.42 Å². The Balaban J connectivity index is 0.000000482. The molecule has 8 N–H and O–H groups in total. The van der Waals surface area contributed by atoms with Gasteiger partial charge in [0.25, 0.3) is 0 Å². The molecule has 0 radical (unpaired) electrons. The predicted octanol–water partition coefficient (Wildman–Crippen LogP) is 1.15. The minimum Gasteiger partial charge on any atom is -0.495 e. The van der Waals surface area contributed by atoms with E-state index in [0.29, 0.717) is 28.7 Å². The summed E-state index contributed by atoms with van der Waals surface area (Å²) in [5, 5.41) is 0. The van der Waals surface area contributed by atoms with Crippen molar-refractivity contribution in [3.63, 3.8) is 0 Å². The molecule has 0 bridgehead atoms. The summed E-state index contributed by atoms with van der Waals surface area (Å²) in [6.45, 7) is 0. The lowest BCUT2D eigenvalue weighted by Gasteiger charge is -2.12. The van der Waals surface area contributed by atoms with Gasteiger partial charge in [0.1, 0.15) is 5.75 Å². The highest BCUT2D eigenvalue weighted by Gasteiger charge is 2.12. The van der Waals surface area contributed by atoms with Gasteiger partial charge in [0, 0.05) is 0 Å². The van der Waals surface area contributed by atoms with Crippen LogP contribution in [-0.2, 0) is 9.59 Å². The monoisotopic (exact) mass is 446 g/mol. The third-order valence-electron chi connectivity index (χ3n) is 4.20. The molecule has 2 aromatic carbocycles. The number of amides is 2. The van der Waals surface area contributed by atoms with Crippen molar-refractivity contribution in [1.29, 1.82) is 0 Å². The van der Waals surface area contributed by atoms with Gasteiger partial charge in [-0.15, -0.1) is 0 Å². The van der Waals surface area contributed by atoms with Crippen molar-refractivity contribution in [3.05, 3.63) is 41.5 Å². The van der Waals surface area contributed by atoms with Crippen molar-refractivity contribution in [3.8, 4) is 23.0 Å². The summed E-state index contributed by atoms with van der Waals surface area (Å²) in [6.07, 6.45) is 3.72. The van der Waals surface area contributed by atoms with Crippen LogP contribution < -0.4 is 41.9 Å². The Hall–Kier alpha value is -3.92. The number of hydrogen-bond acceptors (Lipinski definition) is 8. The average molecular weight is 447 g/mol. The van der Waals surface area contributed by atoms with Gasteiger partial charge in [-0.25, -0.2) is 0 Å². The Morgan fingerprint density at radius 1 is 0.844 bits per heavy atom. The van der Waals surface area contributed by atoms with Crippen LogP contribution >= 0.6 is 0 Å². The number of carbonyl (C=O) groups is 2. The molecule has 2 amide bonds. The first-order chi connectivity index (χ1) is 15.2. The van der Waals surface area contributed by atoms with E-state index in [1.54, 1.807) is 28.4 Å². The van der Waals surface area contributed by atoms with Gasteiger partial charge in [0.2, 0.25) is 17.6 Å². The maximum Gasteiger partial charge on any atom is 0.234 e. The van der Waals surface area contributed by atoms with Crippen LogP contribution in [0.2, 0.25) is 0 Å². The van der Waals surface area contributed by atoms with Crippen molar-refractivity contribution in [2.24, 2.45) is 17.2 Å². The van der Waals surface area contributed by atoms with Crippen LogP contribution in [0.3, 0.4) is 0 Å². The van der Waals surface area contributed by atoms with E-state index < -0.39 is 17.9 Å². The molecular weight excluding hydrogens is 416 g/mol. The van der Waals surface area contributed by atoms with Crippen molar-refractivity contribution < 1.29 is 28.5 Å². The summed E-state index contributed by atoms with van der Waals surface area (Å²) in [5.74, 6) is 1.12. The second-order valence-electron chi connectivity index (χ2n) is 6.47. The largest absolute Gasteiger partial charge is 0.495 e. The van der Waals surface area contributed by atoms with Gasteiger partial charge >= 0.3 is 0 Å². The topological polar surface area (TPSA) is 175 Å². The van der Waals surface area contributed by atoms with Crippen molar-refractivity contribution in [2.75, 3.05) is 34.2 Å². The van der Waals surface area contributed by atoms with Crippen molar-refractivity contribution in [1.82, 2.24) is 0 Å². The molecule has 0 saturated carbocycles. The standard InChI is InChI=1S/C18H21NO4.C4H9N3O2/c1-20-15-8-7-12(9-14(15)19)5-6-13-10-16(21-2)18(23-4)17(11-13)22-3;5-2(4(7)9)1-3(6)8/h5-11H,19H2,1-4H3;2H,1,5H2,(H2,6,8)(H2,7,9)/t;2-/m.1/s1. The molecule has 0 aromatic heterocycles. The lowest BCUT2D eigenvalue weighted by molar-refractivity contribution is -0.124. The molecule has 10 nitrogen and oxygen atoms in total. The first kappa shape index (κ1) is 26.1. The number of methoxy groups -OCH3 is 4. The molecule has 1 atom stereocenters. The first-order valence-electron chi connectivity index (χ1n) is 9.41. The molecule has 0 spiro atoms. The molecule has 174 valence electrons. The Morgan fingerprint density at radius 2 is 1.38 bits per heavy atom. The quantitative estimate of drug-likeness (QED) is 0.327. The fourth-order valence-electron chi connectivity index (χ4n) is 2.56. The second kappa shape index (κ2) is 12.7. The first-order valence-corrected chi connectivity index (χ1v) is 9.41. The molecule has 0 aliphatic rings. The highest BCUT2D eigenvalue weighted by Crippen LogP contribution is 2.38. The van der Waals surface area contributed by atoms with E-state index in [4.69, 9.17) is 41.9 Å². The summed E-state index contributed by atoms with van der Waals surface area (Å²) < 4.78 is 21.2. The number of ether oxygens (including phenoxy) is 4. The SMILES string of the molecule is COc1ccc(C=Cc2cc(OC)c(OC)c(OC)c2)cc1N.NC(=O)C[C@@H](N)C(N)=O. The van der Waals surface area contributed by atoms with Crippen molar-refractivity contribution >= 4 is 29.7 Å². The lowest BCUT2D eigenvalue weighted by Crippen LogP contribution is -2.39. The molecule has 0 fully saturated rings. The van der Waals surface area contributed by atoms with Crippen LogP contribution in [0, 0.1) is 0 Å². The fraction of sp³-hybridized carbons (Fsp3) is 0.273. The Kier molecular flexibility index (Phi) is 10.4. The Bertz CT molecular complexity index is 936. The van der Waals surface area contributed by atoms with Gasteiger partial charge in [-0.05, 0) is 35.4 Å². The van der Waals surface area contributed by atoms with Gasteiger partial charge in [-0.3, -0.25) is 9.59 Å². The molecule has 2 rings (SSSR count). The summed E-state index contributed by atoms with van der Waals surface area (Å²) in [5.41, 5.74) is 22.9. The summed E-state index contributed by atoms with van der Waals surface area (Å²) >= 11 is 0. The molecule has 0 unspecified atom stereocenters. The number of benzene rings is 2. The number of anilines is 1. The number of nitrogens with two attached hydrogens (primary N) is 4. The number of nitrogen functional groups attached to an aromatic ring is 1. The van der Waals surface area contributed by atoms with Gasteiger partial charge in [0.15, 0.2) is 11.5 Å². The van der Waals surface area contributed by atoms with Crippen LogP contribution in [0.5, 0.6) is 23.0 Å². The number of carbonyl (C=O) groups excluding carboxylic acids is 2. The number of hydrogen-bond donors (Lipinski definition) is 4. The van der Waals surface area contributed by atoms with Crippen LogP contribution in [0.15, 0.2) is 30.3 Å². The third kappa shape index (κ3) is 7.73. The third-order valence-corrected chi connectivity index (χ3v) is 4.20. The van der Waals surface area contributed by atoms with E-state index in [9.17, 15) is 9.59 Å². The maximum absolute atomic E-state index is 10.1. The van der Waals surface area contributed by atoms with E-state index in [2.05, 4.69) is 0 Å². The van der Waals surface area contributed by atoms with Crippen LogP contribution in [-0.4, -0.2) is 46.3 Å². The highest BCUT2D eigenvalue weighted by atomic mass is 16.5. The summed E-state index contributed by atoms with van der Waals surface area (Å²) in [4.78, 5) is 20.2. The predicted molar refractivity (Wildman–Crippen MR) is 123 cm³/mol. The fourth-order valence-corrected chi connectivity index (χ4v) is 2.56. The van der Waals surface area contributed by atoms with Crippen molar-refractivity contribution in [2.45, 2.75) is 12.5 Å². The Labute approximate surface area is 187 Å². The minimum atomic E-state index is -0.942. The second-order valence-corrected chi connectivity index (χ2v) is 6.47. The summed E-state index contributed by atoms with van der Waals surface area (Å²) in [7, 11) is 6.36. The molecule has 0 saturated heterocycles. The minimum absolute atomic E-state index is 0.185.